The summed E-state index contributed by atoms with van der Waals surface area (Å²) in [6, 6.07) is 8.45. The molecule has 6 heteroatoms. The van der Waals surface area contributed by atoms with Crippen LogP contribution >= 0.6 is 0 Å². The Kier molecular flexibility index (Phi) is 5.79. The van der Waals surface area contributed by atoms with E-state index in [1.807, 2.05) is 7.05 Å². The molecule has 2 saturated heterocycles. The quantitative estimate of drug-likeness (QED) is 0.644. The number of amides is 1. The van der Waals surface area contributed by atoms with Crippen LogP contribution in [0.15, 0.2) is 29.3 Å². The number of carbonyl (C=O) groups is 1. The third-order valence-corrected chi connectivity index (χ3v) is 4.96. The molecule has 0 spiro atoms. The van der Waals surface area contributed by atoms with E-state index in [9.17, 15) is 4.79 Å². The smallest absolute Gasteiger partial charge is 0.239 e. The van der Waals surface area contributed by atoms with Crippen molar-refractivity contribution in [3.8, 4) is 0 Å². The topological polar surface area (TPSA) is 60.0 Å². The first-order valence-electron chi connectivity index (χ1n) is 9.22. The zero-order valence-electron chi connectivity index (χ0n) is 15.3. The van der Waals surface area contributed by atoms with Gasteiger partial charge in [0, 0.05) is 45.5 Å². The highest BCUT2D eigenvalue weighted by molar-refractivity contribution is 5.82. The second kappa shape index (κ2) is 8.23. The fraction of sp³-hybridized carbons (Fsp3) is 0.579. The number of piperazine rings is 1. The lowest BCUT2D eigenvalue weighted by Gasteiger charge is -2.33. The number of hydrogen-bond acceptors (Lipinski definition) is 3. The summed E-state index contributed by atoms with van der Waals surface area (Å²) in [5, 5.41) is 6.34. The van der Waals surface area contributed by atoms with E-state index >= 15 is 0 Å². The number of carbonyl (C=O) groups excluding carboxylic acids is 1. The summed E-state index contributed by atoms with van der Waals surface area (Å²) in [6.45, 7) is 7.25. The van der Waals surface area contributed by atoms with Crippen LogP contribution in [0.25, 0.3) is 0 Å². The van der Waals surface area contributed by atoms with Crippen LogP contribution in [0.4, 0.5) is 5.69 Å². The number of rotatable bonds is 3. The third-order valence-electron chi connectivity index (χ3n) is 4.96. The molecule has 3 rings (SSSR count). The van der Waals surface area contributed by atoms with Gasteiger partial charge in [0.05, 0.1) is 6.54 Å². The molecule has 0 bridgehead atoms. The van der Waals surface area contributed by atoms with Crippen LogP contribution in [0.2, 0.25) is 0 Å². The molecule has 1 aromatic carbocycles. The van der Waals surface area contributed by atoms with Gasteiger partial charge in [-0.3, -0.25) is 9.79 Å². The highest BCUT2D eigenvalue weighted by Crippen LogP contribution is 2.17. The Bertz CT molecular complexity index is 613. The molecule has 2 aliphatic heterocycles. The largest absolute Gasteiger partial charge is 0.360 e. The molecular formula is C19H29N5O. The van der Waals surface area contributed by atoms with E-state index < -0.39 is 0 Å². The molecule has 1 unspecified atom stereocenters. The fourth-order valence-electron chi connectivity index (χ4n) is 3.58. The van der Waals surface area contributed by atoms with Gasteiger partial charge >= 0.3 is 0 Å². The van der Waals surface area contributed by atoms with E-state index in [2.05, 4.69) is 56.6 Å². The van der Waals surface area contributed by atoms with Crippen molar-refractivity contribution >= 4 is 17.6 Å². The van der Waals surface area contributed by atoms with Gasteiger partial charge in [-0.15, -0.1) is 0 Å². The normalized spacial score (nSPS) is 21.9. The lowest BCUT2D eigenvalue weighted by atomic mass is 10.0. The minimum Gasteiger partial charge on any atom is -0.360 e. The Balaban J connectivity index is 1.55. The van der Waals surface area contributed by atoms with Crippen LogP contribution in [0, 0.1) is 5.92 Å². The van der Waals surface area contributed by atoms with Crippen molar-refractivity contribution in [1.29, 1.82) is 0 Å². The van der Waals surface area contributed by atoms with E-state index in [1.165, 1.54) is 18.4 Å². The second-order valence-electron chi connectivity index (χ2n) is 7.03. The molecular weight excluding hydrogens is 314 g/mol. The van der Waals surface area contributed by atoms with Gasteiger partial charge in [-0.1, -0.05) is 19.1 Å². The molecule has 0 aromatic heterocycles. The van der Waals surface area contributed by atoms with Crippen molar-refractivity contribution < 1.29 is 4.79 Å². The number of piperidine rings is 1. The molecule has 0 saturated carbocycles. The molecule has 0 aliphatic carbocycles. The number of likely N-dealkylation sites (tertiary alicyclic amines) is 1. The Morgan fingerprint density at radius 2 is 2.12 bits per heavy atom. The van der Waals surface area contributed by atoms with Crippen molar-refractivity contribution in [1.82, 2.24) is 15.5 Å². The summed E-state index contributed by atoms with van der Waals surface area (Å²) < 4.78 is 0. The minimum atomic E-state index is 0.0940. The van der Waals surface area contributed by atoms with Crippen molar-refractivity contribution in [3.63, 3.8) is 0 Å². The lowest BCUT2D eigenvalue weighted by molar-refractivity contribution is -0.120. The van der Waals surface area contributed by atoms with Gasteiger partial charge in [0.15, 0.2) is 5.96 Å². The van der Waals surface area contributed by atoms with Gasteiger partial charge in [-0.05, 0) is 36.5 Å². The Labute approximate surface area is 150 Å². The average molecular weight is 343 g/mol. The third kappa shape index (κ3) is 4.65. The highest BCUT2D eigenvalue weighted by atomic mass is 16.2. The molecule has 2 aliphatic rings. The van der Waals surface area contributed by atoms with Gasteiger partial charge in [-0.25, -0.2) is 0 Å². The van der Waals surface area contributed by atoms with E-state index in [-0.39, 0.29) is 5.91 Å². The van der Waals surface area contributed by atoms with Gasteiger partial charge in [0.2, 0.25) is 5.91 Å². The average Bonchev–Trinajstić information content (AvgIpc) is 2.63. The monoisotopic (exact) mass is 343 g/mol. The predicted molar refractivity (Wildman–Crippen MR) is 102 cm³/mol. The van der Waals surface area contributed by atoms with E-state index in [4.69, 9.17) is 0 Å². The second-order valence-corrected chi connectivity index (χ2v) is 7.03. The van der Waals surface area contributed by atoms with Crippen molar-refractivity contribution in [2.75, 3.05) is 44.7 Å². The molecule has 6 nitrogen and oxygen atoms in total. The molecule has 2 fully saturated rings. The van der Waals surface area contributed by atoms with Gasteiger partial charge in [-0.2, -0.15) is 0 Å². The molecule has 2 heterocycles. The Hall–Kier alpha value is -2.24. The first kappa shape index (κ1) is 17.6. The SMILES string of the molecule is CN=C(NCc1ccc(N2CCNC(=O)C2)cc1)N1CCCC(C)C1. The van der Waals surface area contributed by atoms with Crippen LogP contribution in [0.1, 0.15) is 25.3 Å². The Morgan fingerprint density at radius 3 is 2.80 bits per heavy atom. The summed E-state index contributed by atoms with van der Waals surface area (Å²) >= 11 is 0. The first-order chi connectivity index (χ1) is 12.2. The number of benzene rings is 1. The molecule has 2 N–H and O–H groups in total. The summed E-state index contributed by atoms with van der Waals surface area (Å²) in [6.07, 6.45) is 2.55. The van der Waals surface area contributed by atoms with Crippen molar-refractivity contribution in [3.05, 3.63) is 29.8 Å². The summed E-state index contributed by atoms with van der Waals surface area (Å²) in [5.74, 6) is 1.81. The fourth-order valence-corrected chi connectivity index (χ4v) is 3.58. The summed E-state index contributed by atoms with van der Waals surface area (Å²) in [4.78, 5) is 20.4. The van der Waals surface area contributed by atoms with Gasteiger partial charge in [0.25, 0.3) is 0 Å². The number of anilines is 1. The van der Waals surface area contributed by atoms with Crippen LogP contribution in [0.3, 0.4) is 0 Å². The van der Waals surface area contributed by atoms with Crippen LogP contribution in [0.5, 0.6) is 0 Å². The standard InChI is InChI=1S/C19H29N5O/c1-15-4-3-10-24(13-15)19(20-2)22-12-16-5-7-17(8-6-16)23-11-9-21-18(25)14-23/h5-8,15H,3-4,9-14H2,1-2H3,(H,20,22)(H,21,25). The summed E-state index contributed by atoms with van der Waals surface area (Å²) in [5.41, 5.74) is 2.32. The number of aliphatic imine (C=N–C) groups is 1. The van der Waals surface area contributed by atoms with Crippen LogP contribution < -0.4 is 15.5 Å². The van der Waals surface area contributed by atoms with Crippen molar-refractivity contribution in [2.24, 2.45) is 10.9 Å². The van der Waals surface area contributed by atoms with E-state index in [1.54, 1.807) is 0 Å². The number of nitrogens with one attached hydrogen (secondary N) is 2. The zero-order chi connectivity index (χ0) is 17.6. The molecule has 25 heavy (non-hydrogen) atoms. The van der Waals surface area contributed by atoms with Gasteiger partial charge < -0.3 is 20.4 Å². The molecule has 1 atom stereocenters. The van der Waals surface area contributed by atoms with Crippen molar-refractivity contribution in [2.45, 2.75) is 26.3 Å². The molecule has 1 aromatic rings. The number of nitrogens with zero attached hydrogens (tertiary/aromatic N) is 3. The zero-order valence-corrected chi connectivity index (χ0v) is 15.3. The maximum Gasteiger partial charge on any atom is 0.239 e. The molecule has 136 valence electrons. The number of guanidine groups is 1. The molecule has 1 amide bonds. The first-order valence-corrected chi connectivity index (χ1v) is 9.22. The maximum atomic E-state index is 11.5. The van der Waals surface area contributed by atoms with E-state index in [0.29, 0.717) is 13.1 Å². The Morgan fingerprint density at radius 1 is 1.32 bits per heavy atom. The molecule has 0 radical (unpaired) electrons. The van der Waals surface area contributed by atoms with E-state index in [0.717, 1.165) is 43.7 Å². The highest BCUT2D eigenvalue weighted by Gasteiger charge is 2.19. The maximum absolute atomic E-state index is 11.5. The minimum absolute atomic E-state index is 0.0940. The number of hydrogen-bond donors (Lipinski definition) is 2. The van der Waals surface area contributed by atoms with Crippen LogP contribution in [-0.2, 0) is 11.3 Å². The van der Waals surface area contributed by atoms with Gasteiger partial charge in [0.1, 0.15) is 0 Å². The lowest BCUT2D eigenvalue weighted by Crippen LogP contribution is -2.47. The predicted octanol–water partition coefficient (Wildman–Crippen LogP) is 1.43. The van der Waals surface area contributed by atoms with Crippen LogP contribution in [-0.4, -0.2) is 56.5 Å². The summed E-state index contributed by atoms with van der Waals surface area (Å²) in [7, 11) is 1.85.